The van der Waals surface area contributed by atoms with E-state index in [1.165, 1.54) is 43.5 Å². The summed E-state index contributed by atoms with van der Waals surface area (Å²) in [5.41, 5.74) is 1.36. The van der Waals surface area contributed by atoms with Gasteiger partial charge in [0, 0.05) is 13.0 Å². The highest BCUT2D eigenvalue weighted by atomic mass is 16.5. The molecule has 0 radical (unpaired) electrons. The summed E-state index contributed by atoms with van der Waals surface area (Å²) in [4.78, 5) is 4.71. The molecule has 2 aliphatic rings. The summed E-state index contributed by atoms with van der Waals surface area (Å²) in [6, 6.07) is 8.92. The highest BCUT2D eigenvalue weighted by Crippen LogP contribution is 2.41. The van der Waals surface area contributed by atoms with Gasteiger partial charge in [0.1, 0.15) is 5.75 Å². The normalized spacial score (nSPS) is 20.8. The predicted molar refractivity (Wildman–Crippen MR) is 82.4 cm³/mol. The Bertz CT molecular complexity index is 462. The lowest BCUT2D eigenvalue weighted by Crippen LogP contribution is -2.29. The lowest BCUT2D eigenvalue weighted by atomic mass is 10.0. The van der Waals surface area contributed by atoms with Gasteiger partial charge in [-0.3, -0.25) is 4.99 Å². The first kappa shape index (κ1) is 13.5. The van der Waals surface area contributed by atoms with Crippen LogP contribution in [-0.4, -0.2) is 19.5 Å². The Morgan fingerprint density at radius 2 is 1.95 bits per heavy atom. The number of aliphatic imine (C=N–C) groups is 1. The van der Waals surface area contributed by atoms with Crippen molar-refractivity contribution < 1.29 is 4.74 Å². The number of ether oxygens (including phenoxy) is 1. The zero-order valence-corrected chi connectivity index (χ0v) is 12.3. The second-order valence-corrected chi connectivity index (χ2v) is 5.87. The van der Waals surface area contributed by atoms with E-state index in [9.17, 15) is 0 Å². The molecule has 0 bridgehead atoms. The SMILES string of the molecule is COc1ccc(C(NC2=NCCCCC2)C2CC2)cc1. The predicted octanol–water partition coefficient (Wildman–Crippen LogP) is 3.71. The molecule has 108 valence electrons. The highest BCUT2D eigenvalue weighted by molar-refractivity contribution is 5.82. The summed E-state index contributed by atoms with van der Waals surface area (Å²) >= 11 is 0. The molecule has 1 heterocycles. The van der Waals surface area contributed by atoms with Gasteiger partial charge in [0.2, 0.25) is 0 Å². The fourth-order valence-corrected chi connectivity index (χ4v) is 2.89. The molecule has 1 fully saturated rings. The number of amidine groups is 1. The van der Waals surface area contributed by atoms with Crippen LogP contribution in [0.4, 0.5) is 0 Å². The van der Waals surface area contributed by atoms with Crippen molar-refractivity contribution in [2.45, 2.75) is 44.6 Å². The fourth-order valence-electron chi connectivity index (χ4n) is 2.89. The summed E-state index contributed by atoms with van der Waals surface area (Å²) in [6.45, 7) is 0.988. The average Bonchev–Trinajstić information content (AvgIpc) is 3.32. The molecule has 3 nitrogen and oxygen atoms in total. The van der Waals surface area contributed by atoms with E-state index in [1.54, 1.807) is 7.11 Å². The van der Waals surface area contributed by atoms with Crippen LogP contribution in [0.2, 0.25) is 0 Å². The summed E-state index contributed by atoms with van der Waals surface area (Å²) in [5, 5.41) is 3.72. The topological polar surface area (TPSA) is 33.6 Å². The van der Waals surface area contributed by atoms with Crippen molar-refractivity contribution in [2.24, 2.45) is 10.9 Å². The second kappa shape index (κ2) is 6.29. The molecule has 1 unspecified atom stereocenters. The fraction of sp³-hybridized carbons (Fsp3) is 0.588. The molecule has 0 spiro atoms. The summed E-state index contributed by atoms with van der Waals surface area (Å²) in [5.74, 6) is 2.92. The van der Waals surface area contributed by atoms with E-state index in [0.29, 0.717) is 6.04 Å². The number of hydrogen-bond acceptors (Lipinski definition) is 3. The quantitative estimate of drug-likeness (QED) is 0.906. The van der Waals surface area contributed by atoms with Crippen LogP contribution >= 0.6 is 0 Å². The molecule has 0 aromatic heterocycles. The summed E-state index contributed by atoms with van der Waals surface area (Å²) in [6.07, 6.45) is 7.59. The lowest BCUT2D eigenvalue weighted by Gasteiger charge is -2.21. The van der Waals surface area contributed by atoms with Crippen molar-refractivity contribution in [3.05, 3.63) is 29.8 Å². The van der Waals surface area contributed by atoms with Crippen molar-refractivity contribution in [1.29, 1.82) is 0 Å². The van der Waals surface area contributed by atoms with Gasteiger partial charge in [-0.2, -0.15) is 0 Å². The van der Waals surface area contributed by atoms with E-state index in [1.807, 2.05) is 0 Å². The first-order valence-corrected chi connectivity index (χ1v) is 7.80. The molecule has 1 aliphatic carbocycles. The van der Waals surface area contributed by atoms with E-state index in [0.717, 1.165) is 24.6 Å². The number of hydrogen-bond donors (Lipinski definition) is 1. The molecule has 1 aromatic carbocycles. The third-order valence-electron chi connectivity index (χ3n) is 4.26. The van der Waals surface area contributed by atoms with E-state index in [2.05, 4.69) is 29.6 Å². The Hall–Kier alpha value is -1.51. The summed E-state index contributed by atoms with van der Waals surface area (Å²) in [7, 11) is 1.71. The number of nitrogens with zero attached hydrogens (tertiary/aromatic N) is 1. The average molecular weight is 272 g/mol. The number of methoxy groups -OCH3 is 1. The minimum Gasteiger partial charge on any atom is -0.497 e. The third-order valence-corrected chi connectivity index (χ3v) is 4.26. The first-order valence-electron chi connectivity index (χ1n) is 7.80. The standard InChI is InChI=1S/C17H24N2O/c1-20-15-10-8-14(9-11-15)17(13-6-7-13)19-16-5-3-2-4-12-18-16/h8-11,13,17H,2-7,12H2,1H3,(H,18,19). The summed E-state index contributed by atoms with van der Waals surface area (Å²) < 4.78 is 5.25. The van der Waals surface area contributed by atoms with E-state index in [4.69, 9.17) is 9.73 Å². The van der Waals surface area contributed by atoms with Crippen LogP contribution in [0.1, 0.15) is 50.1 Å². The van der Waals surface area contributed by atoms with Crippen LogP contribution in [0.25, 0.3) is 0 Å². The van der Waals surface area contributed by atoms with Gasteiger partial charge in [0.05, 0.1) is 19.0 Å². The van der Waals surface area contributed by atoms with E-state index in [-0.39, 0.29) is 0 Å². The molecule has 20 heavy (non-hydrogen) atoms. The Labute approximate surface area is 121 Å². The smallest absolute Gasteiger partial charge is 0.118 e. The largest absolute Gasteiger partial charge is 0.497 e. The van der Waals surface area contributed by atoms with Crippen molar-refractivity contribution in [1.82, 2.24) is 5.32 Å². The zero-order chi connectivity index (χ0) is 13.8. The van der Waals surface area contributed by atoms with Gasteiger partial charge in [0.15, 0.2) is 0 Å². The first-order chi connectivity index (χ1) is 9.86. The lowest BCUT2D eigenvalue weighted by molar-refractivity contribution is 0.414. The molecule has 1 saturated carbocycles. The van der Waals surface area contributed by atoms with Gasteiger partial charge in [-0.25, -0.2) is 0 Å². The van der Waals surface area contributed by atoms with Crippen LogP contribution in [0.3, 0.4) is 0 Å². The van der Waals surface area contributed by atoms with Crippen LogP contribution in [0, 0.1) is 5.92 Å². The van der Waals surface area contributed by atoms with Gasteiger partial charge in [0.25, 0.3) is 0 Å². The van der Waals surface area contributed by atoms with Gasteiger partial charge in [-0.1, -0.05) is 18.6 Å². The molecule has 3 rings (SSSR count). The van der Waals surface area contributed by atoms with Crippen molar-refractivity contribution in [2.75, 3.05) is 13.7 Å². The van der Waals surface area contributed by atoms with E-state index >= 15 is 0 Å². The maximum Gasteiger partial charge on any atom is 0.118 e. The minimum absolute atomic E-state index is 0.428. The Kier molecular flexibility index (Phi) is 4.24. The molecule has 1 N–H and O–H groups in total. The maximum atomic E-state index is 5.25. The van der Waals surface area contributed by atoms with Crippen molar-refractivity contribution in [3.8, 4) is 5.75 Å². The van der Waals surface area contributed by atoms with E-state index < -0.39 is 0 Å². The number of rotatable bonds is 4. The molecule has 1 atom stereocenters. The Balaban J connectivity index is 1.72. The monoisotopic (exact) mass is 272 g/mol. The molecule has 0 amide bonds. The Morgan fingerprint density at radius 1 is 1.15 bits per heavy atom. The molecule has 0 saturated heterocycles. The van der Waals surface area contributed by atoms with Crippen molar-refractivity contribution in [3.63, 3.8) is 0 Å². The molecule has 3 heteroatoms. The molecule has 1 aromatic rings. The van der Waals surface area contributed by atoms with Gasteiger partial charge < -0.3 is 10.1 Å². The minimum atomic E-state index is 0.428. The van der Waals surface area contributed by atoms with Gasteiger partial charge in [-0.15, -0.1) is 0 Å². The van der Waals surface area contributed by atoms with Crippen LogP contribution < -0.4 is 10.1 Å². The third kappa shape index (κ3) is 3.33. The second-order valence-electron chi connectivity index (χ2n) is 5.87. The van der Waals surface area contributed by atoms with Crippen LogP contribution in [-0.2, 0) is 0 Å². The van der Waals surface area contributed by atoms with Crippen LogP contribution in [0.15, 0.2) is 29.3 Å². The van der Waals surface area contributed by atoms with Gasteiger partial charge >= 0.3 is 0 Å². The Morgan fingerprint density at radius 3 is 2.65 bits per heavy atom. The number of benzene rings is 1. The van der Waals surface area contributed by atoms with Crippen molar-refractivity contribution >= 4 is 5.84 Å². The zero-order valence-electron chi connectivity index (χ0n) is 12.3. The number of nitrogens with one attached hydrogen (secondary N) is 1. The van der Waals surface area contributed by atoms with Gasteiger partial charge in [-0.05, 0) is 49.3 Å². The molecular formula is C17H24N2O. The molecular weight excluding hydrogens is 248 g/mol. The highest BCUT2D eigenvalue weighted by Gasteiger charge is 2.32. The molecule has 1 aliphatic heterocycles. The maximum absolute atomic E-state index is 5.25. The van der Waals surface area contributed by atoms with Crippen LogP contribution in [0.5, 0.6) is 5.75 Å².